The quantitative estimate of drug-likeness (QED) is 0.380. The Bertz CT molecular complexity index is 906. The first kappa shape index (κ1) is 21.2. The van der Waals surface area contributed by atoms with E-state index in [1.165, 1.54) is 0 Å². The molecule has 0 aliphatic carbocycles. The maximum atomic E-state index is 6.17. The van der Waals surface area contributed by atoms with Crippen molar-refractivity contribution in [2.75, 3.05) is 25.1 Å². The highest BCUT2D eigenvalue weighted by atomic mass is 35.5. The molecule has 3 aromatic carbocycles. The van der Waals surface area contributed by atoms with Crippen LogP contribution in [0.1, 0.15) is 6.92 Å². The van der Waals surface area contributed by atoms with E-state index in [0.29, 0.717) is 35.6 Å². The van der Waals surface area contributed by atoms with E-state index in [9.17, 15) is 0 Å². The molecule has 1 unspecified atom stereocenters. The molecule has 0 radical (unpaired) electrons. The Morgan fingerprint density at radius 3 is 2.34 bits per heavy atom. The largest absolute Gasteiger partial charge is 0.490 e. The number of ether oxygens (including phenoxy) is 3. The van der Waals surface area contributed by atoms with Gasteiger partial charge in [-0.2, -0.15) is 0 Å². The fourth-order valence-corrected chi connectivity index (χ4v) is 3.10. The lowest BCUT2D eigenvalue weighted by atomic mass is 10.2. The Balaban J connectivity index is 1.48. The van der Waals surface area contributed by atoms with Crippen molar-refractivity contribution >= 4 is 28.9 Å². The number of hydrogen-bond acceptors (Lipinski definition) is 4. The molecule has 3 rings (SSSR count). The van der Waals surface area contributed by atoms with E-state index in [-0.39, 0.29) is 6.10 Å². The van der Waals surface area contributed by atoms with Gasteiger partial charge in [0.15, 0.2) is 0 Å². The molecule has 0 saturated heterocycles. The first-order chi connectivity index (χ1) is 14.1. The Hall–Kier alpha value is -2.56. The SMILES string of the molecule is CC(CNc1ccccc1OCCOc1ccccc1)Oc1ccc(Cl)cc1Cl. The zero-order valence-corrected chi connectivity index (χ0v) is 17.6. The molecule has 0 spiro atoms. The van der Waals surface area contributed by atoms with Gasteiger partial charge in [-0.3, -0.25) is 0 Å². The molecule has 0 saturated carbocycles. The summed E-state index contributed by atoms with van der Waals surface area (Å²) in [6.45, 7) is 3.46. The predicted molar refractivity (Wildman–Crippen MR) is 119 cm³/mol. The molecule has 0 amide bonds. The molecule has 0 bridgehead atoms. The fourth-order valence-electron chi connectivity index (χ4n) is 2.65. The summed E-state index contributed by atoms with van der Waals surface area (Å²) in [6, 6.07) is 22.6. The zero-order valence-electron chi connectivity index (χ0n) is 16.1. The number of nitrogens with one attached hydrogen (secondary N) is 1. The van der Waals surface area contributed by atoms with Gasteiger partial charge in [0.1, 0.15) is 36.6 Å². The van der Waals surface area contributed by atoms with Crippen LogP contribution in [0.25, 0.3) is 0 Å². The van der Waals surface area contributed by atoms with E-state index in [1.807, 2.05) is 61.5 Å². The highest BCUT2D eigenvalue weighted by molar-refractivity contribution is 6.35. The highest BCUT2D eigenvalue weighted by Crippen LogP contribution is 2.29. The lowest BCUT2D eigenvalue weighted by molar-refractivity contribution is 0.217. The summed E-state index contributed by atoms with van der Waals surface area (Å²) in [5, 5.41) is 4.43. The van der Waals surface area contributed by atoms with Crippen molar-refractivity contribution in [1.29, 1.82) is 0 Å². The standard InChI is InChI=1S/C23H23Cl2NO3/c1-17(29-22-12-11-18(24)15-20(22)25)16-26-21-9-5-6-10-23(21)28-14-13-27-19-7-3-2-4-8-19/h2-12,15,17,26H,13-14,16H2,1H3. The molecular weight excluding hydrogens is 409 g/mol. The monoisotopic (exact) mass is 431 g/mol. The second kappa shape index (κ2) is 10.8. The molecule has 3 aromatic rings. The Morgan fingerprint density at radius 2 is 1.55 bits per heavy atom. The van der Waals surface area contributed by atoms with Gasteiger partial charge in [0.05, 0.1) is 17.3 Å². The number of benzene rings is 3. The van der Waals surface area contributed by atoms with E-state index >= 15 is 0 Å². The van der Waals surface area contributed by atoms with Crippen molar-refractivity contribution in [2.45, 2.75) is 13.0 Å². The van der Waals surface area contributed by atoms with Gasteiger partial charge in [0, 0.05) is 5.02 Å². The smallest absolute Gasteiger partial charge is 0.142 e. The van der Waals surface area contributed by atoms with E-state index in [4.69, 9.17) is 37.4 Å². The molecule has 0 aromatic heterocycles. The van der Waals surface area contributed by atoms with Crippen LogP contribution >= 0.6 is 23.2 Å². The van der Waals surface area contributed by atoms with Crippen LogP contribution in [0.4, 0.5) is 5.69 Å². The molecule has 6 heteroatoms. The molecular formula is C23H23Cl2NO3. The van der Waals surface area contributed by atoms with Gasteiger partial charge in [0.2, 0.25) is 0 Å². The van der Waals surface area contributed by atoms with Crippen LogP contribution in [-0.2, 0) is 0 Å². The third-order valence-electron chi connectivity index (χ3n) is 4.04. The molecule has 152 valence electrons. The minimum Gasteiger partial charge on any atom is -0.490 e. The normalized spacial score (nSPS) is 11.6. The fraction of sp³-hybridized carbons (Fsp3) is 0.217. The minimum absolute atomic E-state index is 0.108. The van der Waals surface area contributed by atoms with E-state index in [0.717, 1.165) is 17.2 Å². The topological polar surface area (TPSA) is 39.7 Å². The molecule has 0 fully saturated rings. The molecule has 29 heavy (non-hydrogen) atoms. The van der Waals surface area contributed by atoms with Gasteiger partial charge in [0.25, 0.3) is 0 Å². The minimum atomic E-state index is -0.108. The lowest BCUT2D eigenvalue weighted by Gasteiger charge is -2.19. The lowest BCUT2D eigenvalue weighted by Crippen LogP contribution is -2.23. The maximum absolute atomic E-state index is 6.17. The first-order valence-electron chi connectivity index (χ1n) is 9.37. The van der Waals surface area contributed by atoms with Crippen LogP contribution in [0.5, 0.6) is 17.2 Å². The van der Waals surface area contributed by atoms with E-state index in [1.54, 1.807) is 18.2 Å². The van der Waals surface area contributed by atoms with Crippen LogP contribution in [-0.4, -0.2) is 25.9 Å². The van der Waals surface area contributed by atoms with Crippen LogP contribution in [0.15, 0.2) is 72.8 Å². The van der Waals surface area contributed by atoms with Gasteiger partial charge in [-0.1, -0.05) is 53.5 Å². The second-order valence-electron chi connectivity index (χ2n) is 6.39. The molecule has 1 atom stereocenters. The van der Waals surface area contributed by atoms with Crippen molar-refractivity contribution in [3.63, 3.8) is 0 Å². The second-order valence-corrected chi connectivity index (χ2v) is 7.23. The first-order valence-corrected chi connectivity index (χ1v) is 10.1. The van der Waals surface area contributed by atoms with Gasteiger partial charge in [-0.15, -0.1) is 0 Å². The summed E-state index contributed by atoms with van der Waals surface area (Å²) >= 11 is 12.1. The number of rotatable bonds is 10. The van der Waals surface area contributed by atoms with Gasteiger partial charge >= 0.3 is 0 Å². The Morgan fingerprint density at radius 1 is 0.828 bits per heavy atom. The van der Waals surface area contributed by atoms with Crippen molar-refractivity contribution in [1.82, 2.24) is 0 Å². The predicted octanol–water partition coefficient (Wildman–Crippen LogP) is 6.33. The Kier molecular flexibility index (Phi) is 7.91. The zero-order chi connectivity index (χ0) is 20.5. The van der Waals surface area contributed by atoms with Crippen LogP contribution in [0.2, 0.25) is 10.0 Å². The van der Waals surface area contributed by atoms with Crippen molar-refractivity contribution < 1.29 is 14.2 Å². The summed E-state index contributed by atoms with van der Waals surface area (Å²) in [4.78, 5) is 0. The third-order valence-corrected chi connectivity index (χ3v) is 4.57. The van der Waals surface area contributed by atoms with E-state index < -0.39 is 0 Å². The summed E-state index contributed by atoms with van der Waals surface area (Å²) in [5.74, 6) is 2.20. The summed E-state index contributed by atoms with van der Waals surface area (Å²) in [7, 11) is 0. The number of hydrogen-bond donors (Lipinski definition) is 1. The number of para-hydroxylation sites is 3. The van der Waals surface area contributed by atoms with Gasteiger partial charge < -0.3 is 19.5 Å². The summed E-state index contributed by atoms with van der Waals surface area (Å²) < 4.78 is 17.4. The summed E-state index contributed by atoms with van der Waals surface area (Å²) in [5.41, 5.74) is 0.893. The molecule has 1 N–H and O–H groups in total. The average molecular weight is 432 g/mol. The van der Waals surface area contributed by atoms with Gasteiger partial charge in [-0.05, 0) is 49.4 Å². The molecule has 0 aliphatic rings. The van der Waals surface area contributed by atoms with Crippen LogP contribution < -0.4 is 19.5 Å². The van der Waals surface area contributed by atoms with Crippen molar-refractivity contribution in [2.24, 2.45) is 0 Å². The Labute approximate surface area is 181 Å². The van der Waals surface area contributed by atoms with Gasteiger partial charge in [-0.25, -0.2) is 0 Å². The molecule has 0 heterocycles. The summed E-state index contributed by atoms with van der Waals surface area (Å²) in [6.07, 6.45) is -0.108. The molecule has 4 nitrogen and oxygen atoms in total. The highest BCUT2D eigenvalue weighted by Gasteiger charge is 2.10. The van der Waals surface area contributed by atoms with E-state index in [2.05, 4.69) is 5.32 Å². The van der Waals surface area contributed by atoms with Crippen molar-refractivity contribution in [3.05, 3.63) is 82.8 Å². The van der Waals surface area contributed by atoms with Crippen LogP contribution in [0.3, 0.4) is 0 Å². The average Bonchev–Trinajstić information content (AvgIpc) is 2.73. The molecule has 0 aliphatic heterocycles. The maximum Gasteiger partial charge on any atom is 0.142 e. The number of anilines is 1. The number of halogens is 2. The van der Waals surface area contributed by atoms with Crippen molar-refractivity contribution in [3.8, 4) is 17.2 Å². The van der Waals surface area contributed by atoms with Crippen LogP contribution in [0, 0.1) is 0 Å². The third kappa shape index (κ3) is 6.77.